The molecule has 0 saturated carbocycles. The SMILES string of the molecule is CN1CCN(CCc2ccc(NC(=O)c3ccc4nc(-c5ccn(C)n5)[nH]c4c3)cc2)CC1. The van der Waals surface area contributed by atoms with E-state index in [-0.39, 0.29) is 5.91 Å². The van der Waals surface area contributed by atoms with Crippen LogP contribution in [0.3, 0.4) is 0 Å². The molecule has 8 heteroatoms. The highest BCUT2D eigenvalue weighted by Crippen LogP contribution is 2.21. The van der Waals surface area contributed by atoms with Gasteiger partial charge in [0, 0.05) is 57.2 Å². The number of aryl methyl sites for hydroxylation is 1. The van der Waals surface area contributed by atoms with Crippen molar-refractivity contribution in [2.75, 3.05) is 45.1 Å². The Morgan fingerprint density at radius 1 is 1.03 bits per heavy atom. The number of carbonyl (C=O) groups is 1. The van der Waals surface area contributed by atoms with Crippen LogP contribution in [-0.4, -0.2) is 75.2 Å². The van der Waals surface area contributed by atoms with Crippen LogP contribution in [0.15, 0.2) is 54.7 Å². The van der Waals surface area contributed by atoms with Gasteiger partial charge in [-0.15, -0.1) is 0 Å². The molecule has 0 bridgehead atoms. The number of rotatable bonds is 6. The summed E-state index contributed by atoms with van der Waals surface area (Å²) in [6, 6.07) is 15.5. The van der Waals surface area contributed by atoms with Crippen LogP contribution in [0.25, 0.3) is 22.6 Å². The molecule has 2 aromatic carbocycles. The number of anilines is 1. The van der Waals surface area contributed by atoms with Crippen LogP contribution < -0.4 is 5.32 Å². The molecule has 170 valence electrons. The zero-order chi connectivity index (χ0) is 22.8. The van der Waals surface area contributed by atoms with E-state index in [4.69, 9.17) is 0 Å². The van der Waals surface area contributed by atoms with Crippen LogP contribution in [-0.2, 0) is 13.5 Å². The Labute approximate surface area is 193 Å². The van der Waals surface area contributed by atoms with E-state index >= 15 is 0 Å². The highest BCUT2D eigenvalue weighted by Gasteiger charge is 2.14. The second-order valence-electron chi connectivity index (χ2n) is 8.74. The van der Waals surface area contributed by atoms with E-state index in [0.717, 1.165) is 61.6 Å². The molecule has 0 aliphatic carbocycles. The van der Waals surface area contributed by atoms with Crippen molar-refractivity contribution in [2.45, 2.75) is 6.42 Å². The second kappa shape index (κ2) is 9.17. The monoisotopic (exact) mass is 443 g/mol. The number of carbonyl (C=O) groups excluding carboxylic acids is 1. The summed E-state index contributed by atoms with van der Waals surface area (Å²) in [5.41, 5.74) is 5.04. The number of aromatic amines is 1. The van der Waals surface area contributed by atoms with Crippen LogP contribution in [0.5, 0.6) is 0 Å². The first-order chi connectivity index (χ1) is 16.0. The number of amides is 1. The van der Waals surface area contributed by atoms with Crippen LogP contribution >= 0.6 is 0 Å². The van der Waals surface area contributed by atoms with Gasteiger partial charge in [-0.2, -0.15) is 5.10 Å². The number of hydrogen-bond donors (Lipinski definition) is 2. The number of likely N-dealkylation sites (N-methyl/N-ethyl adjacent to an activating group) is 1. The Kier molecular flexibility index (Phi) is 5.93. The van der Waals surface area contributed by atoms with Gasteiger partial charge in [0.15, 0.2) is 5.82 Å². The standard InChI is InChI=1S/C25H29N7O/c1-30-13-15-32(16-14-30)12-9-18-3-6-20(7-4-18)26-25(33)19-5-8-21-23(17-19)28-24(27-21)22-10-11-31(2)29-22/h3-8,10-11,17H,9,12-16H2,1-2H3,(H,26,33)(H,27,28). The number of fused-ring (bicyclic) bond motifs is 1. The molecule has 33 heavy (non-hydrogen) atoms. The van der Waals surface area contributed by atoms with Crippen molar-refractivity contribution in [3.05, 3.63) is 65.9 Å². The second-order valence-corrected chi connectivity index (χ2v) is 8.74. The third-order valence-corrected chi connectivity index (χ3v) is 6.22. The summed E-state index contributed by atoms with van der Waals surface area (Å²) in [5.74, 6) is 0.548. The van der Waals surface area contributed by atoms with E-state index in [9.17, 15) is 4.79 Å². The molecule has 2 aromatic heterocycles. The first-order valence-electron chi connectivity index (χ1n) is 11.3. The largest absolute Gasteiger partial charge is 0.337 e. The van der Waals surface area contributed by atoms with Gasteiger partial charge in [0.2, 0.25) is 0 Å². The van der Waals surface area contributed by atoms with Crippen LogP contribution in [0, 0.1) is 0 Å². The molecule has 4 aromatic rings. The topological polar surface area (TPSA) is 82.1 Å². The van der Waals surface area contributed by atoms with Crippen molar-refractivity contribution < 1.29 is 4.79 Å². The van der Waals surface area contributed by atoms with Crippen LogP contribution in [0.2, 0.25) is 0 Å². The van der Waals surface area contributed by atoms with Gasteiger partial charge >= 0.3 is 0 Å². The molecule has 1 aliphatic rings. The predicted molar refractivity (Wildman–Crippen MR) is 130 cm³/mol. The van der Waals surface area contributed by atoms with Crippen LogP contribution in [0.1, 0.15) is 15.9 Å². The Bertz CT molecular complexity index is 1250. The summed E-state index contributed by atoms with van der Waals surface area (Å²) in [6.07, 6.45) is 2.89. The lowest BCUT2D eigenvalue weighted by Gasteiger charge is -2.32. The zero-order valence-corrected chi connectivity index (χ0v) is 19.1. The number of hydrogen-bond acceptors (Lipinski definition) is 5. The maximum atomic E-state index is 12.8. The molecule has 1 aliphatic heterocycles. The minimum absolute atomic E-state index is 0.143. The third kappa shape index (κ3) is 4.97. The number of nitrogens with one attached hydrogen (secondary N) is 2. The van der Waals surface area contributed by atoms with E-state index in [1.54, 1.807) is 10.7 Å². The fourth-order valence-electron chi connectivity index (χ4n) is 4.13. The third-order valence-electron chi connectivity index (χ3n) is 6.22. The van der Waals surface area contributed by atoms with E-state index in [2.05, 4.69) is 49.4 Å². The summed E-state index contributed by atoms with van der Waals surface area (Å²) in [6.45, 7) is 5.62. The molecule has 0 spiro atoms. The van der Waals surface area contributed by atoms with E-state index in [1.165, 1.54) is 5.56 Å². The smallest absolute Gasteiger partial charge is 0.255 e. The molecule has 8 nitrogen and oxygen atoms in total. The molecule has 0 unspecified atom stereocenters. The lowest BCUT2D eigenvalue weighted by Crippen LogP contribution is -2.45. The van der Waals surface area contributed by atoms with Crippen molar-refractivity contribution in [1.82, 2.24) is 29.5 Å². The summed E-state index contributed by atoms with van der Waals surface area (Å²) < 4.78 is 1.74. The summed E-state index contributed by atoms with van der Waals surface area (Å²) in [7, 11) is 4.05. The van der Waals surface area contributed by atoms with E-state index < -0.39 is 0 Å². The highest BCUT2D eigenvalue weighted by molar-refractivity contribution is 6.06. The first kappa shape index (κ1) is 21.4. The quantitative estimate of drug-likeness (QED) is 0.479. The minimum atomic E-state index is -0.143. The Hall–Kier alpha value is -3.49. The molecule has 0 atom stereocenters. The first-order valence-corrected chi connectivity index (χ1v) is 11.3. The van der Waals surface area contributed by atoms with Gasteiger partial charge in [-0.25, -0.2) is 4.98 Å². The van der Waals surface area contributed by atoms with Gasteiger partial charge in [0.05, 0.1) is 11.0 Å². The van der Waals surface area contributed by atoms with Crippen molar-refractivity contribution in [3.63, 3.8) is 0 Å². The number of aromatic nitrogens is 4. The molecule has 3 heterocycles. The lowest BCUT2D eigenvalue weighted by atomic mass is 10.1. The maximum absolute atomic E-state index is 12.8. The van der Waals surface area contributed by atoms with Crippen LogP contribution in [0.4, 0.5) is 5.69 Å². The Balaban J connectivity index is 1.21. The average Bonchev–Trinajstić information content (AvgIpc) is 3.45. The molecule has 1 saturated heterocycles. The van der Waals surface area contributed by atoms with Gasteiger partial charge < -0.3 is 20.1 Å². The molecular weight excluding hydrogens is 414 g/mol. The van der Waals surface area contributed by atoms with Gasteiger partial charge in [0.25, 0.3) is 5.91 Å². The number of H-pyrrole nitrogens is 1. The summed E-state index contributed by atoms with van der Waals surface area (Å²) in [4.78, 5) is 25.5. The predicted octanol–water partition coefficient (Wildman–Crippen LogP) is 3.01. The fraction of sp³-hybridized carbons (Fsp3) is 0.320. The number of nitrogens with zero attached hydrogens (tertiary/aromatic N) is 5. The van der Waals surface area contributed by atoms with Gasteiger partial charge in [-0.1, -0.05) is 12.1 Å². The number of imidazole rings is 1. The van der Waals surface area contributed by atoms with E-state index in [0.29, 0.717) is 11.4 Å². The molecule has 1 amide bonds. The van der Waals surface area contributed by atoms with Crippen molar-refractivity contribution in [3.8, 4) is 11.5 Å². The Morgan fingerprint density at radius 3 is 2.55 bits per heavy atom. The highest BCUT2D eigenvalue weighted by atomic mass is 16.1. The minimum Gasteiger partial charge on any atom is -0.337 e. The molecule has 5 rings (SSSR count). The number of piperazine rings is 1. The molecule has 2 N–H and O–H groups in total. The van der Waals surface area contributed by atoms with Gasteiger partial charge in [0.1, 0.15) is 5.69 Å². The summed E-state index contributed by atoms with van der Waals surface area (Å²) in [5, 5.41) is 7.38. The molecule has 0 radical (unpaired) electrons. The van der Waals surface area contributed by atoms with Gasteiger partial charge in [-0.05, 0) is 55.4 Å². The summed E-state index contributed by atoms with van der Waals surface area (Å²) >= 11 is 0. The van der Waals surface area contributed by atoms with Crippen molar-refractivity contribution >= 4 is 22.6 Å². The maximum Gasteiger partial charge on any atom is 0.255 e. The zero-order valence-electron chi connectivity index (χ0n) is 19.1. The number of benzene rings is 2. The average molecular weight is 444 g/mol. The Morgan fingerprint density at radius 2 is 1.82 bits per heavy atom. The van der Waals surface area contributed by atoms with Crippen molar-refractivity contribution in [1.29, 1.82) is 0 Å². The lowest BCUT2D eigenvalue weighted by molar-refractivity contribution is 0.102. The van der Waals surface area contributed by atoms with Gasteiger partial charge in [-0.3, -0.25) is 9.48 Å². The molecule has 1 fully saturated rings. The van der Waals surface area contributed by atoms with E-state index in [1.807, 2.05) is 43.6 Å². The van der Waals surface area contributed by atoms with Crippen molar-refractivity contribution in [2.24, 2.45) is 7.05 Å². The fourth-order valence-corrected chi connectivity index (χ4v) is 4.13. The molecular formula is C25H29N7O. The normalized spacial score (nSPS) is 15.2.